The quantitative estimate of drug-likeness (QED) is 0.415. The molecule has 0 heterocycles. The van der Waals surface area contributed by atoms with Gasteiger partial charge in [-0.2, -0.15) is 5.26 Å². The van der Waals surface area contributed by atoms with Crippen molar-refractivity contribution >= 4 is 5.97 Å². The van der Waals surface area contributed by atoms with Crippen molar-refractivity contribution in [2.45, 2.75) is 20.8 Å². The molecule has 88 valence electrons. The van der Waals surface area contributed by atoms with E-state index in [2.05, 4.69) is 0 Å². The first-order valence-electron chi connectivity index (χ1n) is 5.31. The van der Waals surface area contributed by atoms with Gasteiger partial charge >= 0.3 is 5.97 Å². The van der Waals surface area contributed by atoms with E-state index in [1.54, 1.807) is 6.08 Å². The Morgan fingerprint density at radius 2 is 2.19 bits per heavy atom. The zero-order valence-electron chi connectivity index (χ0n) is 10.1. The second-order valence-corrected chi connectivity index (χ2v) is 4.42. The smallest absolute Gasteiger partial charge is 0.309 e. The molecule has 0 radical (unpaired) electrons. The Labute approximate surface area is 95.8 Å². The van der Waals surface area contributed by atoms with Crippen molar-refractivity contribution in [3.8, 4) is 6.07 Å². The summed E-state index contributed by atoms with van der Waals surface area (Å²) in [5, 5.41) is 8.83. The summed E-state index contributed by atoms with van der Waals surface area (Å²) in [5.74, 6) is -0.0746. The predicted octanol–water partition coefficient (Wildman–Crippen LogP) is 1.88. The van der Waals surface area contributed by atoms with E-state index in [0.717, 1.165) is 0 Å². The van der Waals surface area contributed by atoms with Gasteiger partial charge in [-0.05, 0) is 18.4 Å². The fraction of sp³-hybridized carbons (Fsp3) is 0.667. The van der Waals surface area contributed by atoms with Crippen LogP contribution >= 0.6 is 0 Å². The molecule has 1 rings (SSSR count). The summed E-state index contributed by atoms with van der Waals surface area (Å²) in [5.41, 5.74) is -0.147. The number of nitrogens with zero attached hydrogens (tertiary/aromatic N) is 1. The Balaban J connectivity index is 2.77. The van der Waals surface area contributed by atoms with Gasteiger partial charge < -0.3 is 9.47 Å². The largest absolute Gasteiger partial charge is 0.484 e. The lowest BCUT2D eigenvalue weighted by molar-refractivity contribution is -0.143. The van der Waals surface area contributed by atoms with E-state index >= 15 is 0 Å². The monoisotopic (exact) mass is 223 g/mol. The molecule has 1 aliphatic rings. The molecule has 2 atom stereocenters. The number of carbonyl (C=O) groups excluding carboxylic acids is 1. The van der Waals surface area contributed by atoms with Crippen molar-refractivity contribution in [3.63, 3.8) is 0 Å². The Kier molecular flexibility index (Phi) is 3.58. The van der Waals surface area contributed by atoms with Crippen molar-refractivity contribution < 1.29 is 14.3 Å². The highest BCUT2D eigenvalue weighted by molar-refractivity contribution is 5.78. The van der Waals surface area contributed by atoms with E-state index in [1.165, 1.54) is 7.11 Å². The van der Waals surface area contributed by atoms with Crippen LogP contribution in [-0.4, -0.2) is 19.7 Å². The van der Waals surface area contributed by atoms with Crippen molar-refractivity contribution in [3.05, 3.63) is 11.8 Å². The Morgan fingerprint density at radius 1 is 1.56 bits per heavy atom. The van der Waals surface area contributed by atoms with Gasteiger partial charge in [0.05, 0.1) is 19.6 Å². The van der Waals surface area contributed by atoms with Gasteiger partial charge in [-0.25, -0.2) is 0 Å². The van der Waals surface area contributed by atoms with Gasteiger partial charge in [0, 0.05) is 5.92 Å². The third-order valence-electron chi connectivity index (χ3n) is 3.11. The average Bonchev–Trinajstić information content (AvgIpc) is 2.78. The maximum atomic E-state index is 11.5. The lowest BCUT2D eigenvalue weighted by atomic mass is 10.1. The van der Waals surface area contributed by atoms with E-state index in [0.29, 0.717) is 6.61 Å². The highest BCUT2D eigenvalue weighted by Crippen LogP contribution is 2.59. The molecule has 0 unspecified atom stereocenters. The molecule has 1 aliphatic carbocycles. The molecule has 0 saturated heterocycles. The zero-order chi connectivity index (χ0) is 12.3. The number of nitriles is 1. The standard InChI is InChI=1S/C12H17NO3/c1-5-16-8(7-13)6-9-10(11(14)15-4)12(9,2)3/h6,9-10H,5H2,1-4H3/t9-,10+/m1/s1. The maximum absolute atomic E-state index is 11.5. The Hall–Kier alpha value is -1.50. The van der Waals surface area contributed by atoms with E-state index in [9.17, 15) is 4.79 Å². The molecule has 0 N–H and O–H groups in total. The number of hydrogen-bond acceptors (Lipinski definition) is 4. The molecule has 0 aromatic rings. The normalized spacial score (nSPS) is 26.8. The van der Waals surface area contributed by atoms with Crippen LogP contribution in [0, 0.1) is 28.6 Å². The Morgan fingerprint density at radius 3 is 2.62 bits per heavy atom. The molecule has 0 aromatic heterocycles. The third kappa shape index (κ3) is 2.19. The lowest BCUT2D eigenvalue weighted by Gasteiger charge is -2.00. The number of hydrogen-bond donors (Lipinski definition) is 0. The molecular formula is C12H17NO3. The summed E-state index contributed by atoms with van der Waals surface area (Å²) in [6, 6.07) is 1.98. The molecule has 1 saturated carbocycles. The van der Waals surface area contributed by atoms with Crippen LogP contribution in [0.2, 0.25) is 0 Å². The van der Waals surface area contributed by atoms with Gasteiger partial charge in [-0.3, -0.25) is 4.79 Å². The lowest BCUT2D eigenvalue weighted by Crippen LogP contribution is -2.07. The molecule has 0 bridgehead atoms. The number of ether oxygens (including phenoxy) is 2. The van der Waals surface area contributed by atoms with Crippen LogP contribution < -0.4 is 0 Å². The number of allylic oxidation sites excluding steroid dienone is 2. The summed E-state index contributed by atoms with van der Waals surface area (Å²) >= 11 is 0. The van der Waals surface area contributed by atoms with Crippen molar-refractivity contribution in [2.24, 2.45) is 17.3 Å². The molecule has 1 fully saturated rings. The number of esters is 1. The molecule has 4 nitrogen and oxygen atoms in total. The Bertz CT molecular complexity index is 352. The highest BCUT2D eigenvalue weighted by Gasteiger charge is 2.61. The zero-order valence-corrected chi connectivity index (χ0v) is 10.1. The van der Waals surface area contributed by atoms with Crippen LogP contribution in [0.5, 0.6) is 0 Å². The molecular weight excluding hydrogens is 206 g/mol. The third-order valence-corrected chi connectivity index (χ3v) is 3.11. The summed E-state index contributed by atoms with van der Waals surface area (Å²) in [4.78, 5) is 11.5. The van der Waals surface area contributed by atoms with Crippen molar-refractivity contribution in [1.29, 1.82) is 5.26 Å². The average molecular weight is 223 g/mol. The van der Waals surface area contributed by atoms with Crippen LogP contribution in [0.3, 0.4) is 0 Å². The predicted molar refractivity (Wildman–Crippen MR) is 58.1 cm³/mol. The van der Waals surface area contributed by atoms with Crippen LogP contribution in [-0.2, 0) is 14.3 Å². The molecule has 0 aliphatic heterocycles. The molecule has 16 heavy (non-hydrogen) atoms. The minimum Gasteiger partial charge on any atom is -0.484 e. The van der Waals surface area contributed by atoms with Crippen molar-refractivity contribution in [2.75, 3.05) is 13.7 Å². The van der Waals surface area contributed by atoms with Gasteiger partial charge in [0.1, 0.15) is 6.07 Å². The second kappa shape index (κ2) is 4.56. The summed E-state index contributed by atoms with van der Waals surface area (Å²) < 4.78 is 9.87. The highest BCUT2D eigenvalue weighted by atomic mass is 16.5. The summed E-state index contributed by atoms with van der Waals surface area (Å²) in [6.45, 7) is 6.24. The summed E-state index contributed by atoms with van der Waals surface area (Å²) in [7, 11) is 1.38. The van der Waals surface area contributed by atoms with E-state index < -0.39 is 0 Å². The van der Waals surface area contributed by atoms with Crippen LogP contribution in [0.15, 0.2) is 11.8 Å². The minimum atomic E-state index is -0.222. The first kappa shape index (κ1) is 12.6. The SMILES string of the molecule is CCOC(C#N)=C[C@@H]1[C@@H](C(=O)OC)C1(C)C. The fourth-order valence-corrected chi connectivity index (χ4v) is 2.00. The molecule has 0 aromatic carbocycles. The van der Waals surface area contributed by atoms with Crippen molar-refractivity contribution in [1.82, 2.24) is 0 Å². The van der Waals surface area contributed by atoms with E-state index in [-0.39, 0.29) is 29.0 Å². The second-order valence-electron chi connectivity index (χ2n) is 4.42. The van der Waals surface area contributed by atoms with Gasteiger partial charge in [-0.1, -0.05) is 13.8 Å². The number of rotatable bonds is 4. The van der Waals surface area contributed by atoms with E-state index in [4.69, 9.17) is 14.7 Å². The van der Waals surface area contributed by atoms with Gasteiger partial charge in [0.2, 0.25) is 0 Å². The maximum Gasteiger partial charge on any atom is 0.309 e. The molecule has 0 amide bonds. The van der Waals surface area contributed by atoms with Gasteiger partial charge in [-0.15, -0.1) is 0 Å². The van der Waals surface area contributed by atoms with Crippen LogP contribution in [0.25, 0.3) is 0 Å². The number of methoxy groups -OCH3 is 1. The first-order chi connectivity index (χ1) is 7.48. The molecule has 0 spiro atoms. The fourth-order valence-electron chi connectivity index (χ4n) is 2.00. The van der Waals surface area contributed by atoms with Gasteiger partial charge in [0.25, 0.3) is 0 Å². The summed E-state index contributed by atoms with van der Waals surface area (Å²) in [6.07, 6.45) is 1.73. The number of carbonyl (C=O) groups is 1. The molecule has 4 heteroatoms. The van der Waals surface area contributed by atoms with Gasteiger partial charge in [0.15, 0.2) is 5.76 Å². The van der Waals surface area contributed by atoms with Crippen LogP contribution in [0.1, 0.15) is 20.8 Å². The van der Waals surface area contributed by atoms with E-state index in [1.807, 2.05) is 26.8 Å². The minimum absolute atomic E-state index is 0.0288. The first-order valence-corrected chi connectivity index (χ1v) is 5.31. The topological polar surface area (TPSA) is 59.3 Å². The van der Waals surface area contributed by atoms with Crippen LogP contribution in [0.4, 0.5) is 0 Å².